The van der Waals surface area contributed by atoms with E-state index in [4.69, 9.17) is 9.84 Å². The van der Waals surface area contributed by atoms with E-state index in [2.05, 4.69) is 0 Å². The van der Waals surface area contributed by atoms with Crippen molar-refractivity contribution in [2.75, 3.05) is 6.54 Å². The van der Waals surface area contributed by atoms with Crippen LogP contribution in [-0.4, -0.2) is 40.6 Å². The zero-order valence-electron chi connectivity index (χ0n) is 14.5. The van der Waals surface area contributed by atoms with Gasteiger partial charge in [0.1, 0.15) is 5.75 Å². The smallest absolute Gasteiger partial charge is 0.303 e. The van der Waals surface area contributed by atoms with Gasteiger partial charge in [-0.3, -0.25) is 9.59 Å². The van der Waals surface area contributed by atoms with Crippen molar-refractivity contribution in [3.63, 3.8) is 0 Å². The maximum Gasteiger partial charge on any atom is 0.303 e. The van der Waals surface area contributed by atoms with Crippen molar-refractivity contribution in [2.24, 2.45) is 0 Å². The largest absolute Gasteiger partial charge is 0.491 e. The van der Waals surface area contributed by atoms with Crippen molar-refractivity contribution < 1.29 is 19.4 Å². The van der Waals surface area contributed by atoms with Gasteiger partial charge >= 0.3 is 5.97 Å². The van der Waals surface area contributed by atoms with Crippen LogP contribution in [0.25, 0.3) is 0 Å². The number of likely N-dealkylation sites (tertiary alicyclic amines) is 1. The summed E-state index contributed by atoms with van der Waals surface area (Å²) in [5.74, 6) is 0.00786. The zero-order chi connectivity index (χ0) is 17.5. The Bertz CT molecular complexity index is 570. The minimum atomic E-state index is -0.802. The normalized spacial score (nSPS) is 17.8. The van der Waals surface area contributed by atoms with Gasteiger partial charge in [0.05, 0.1) is 12.5 Å². The fraction of sp³-hybridized carbons (Fsp3) is 0.579. The van der Waals surface area contributed by atoms with Crippen LogP contribution in [-0.2, 0) is 16.0 Å². The molecule has 0 bridgehead atoms. The maximum absolute atomic E-state index is 12.8. The molecule has 0 aromatic heterocycles. The number of carboxylic acid groups (broad SMARTS) is 1. The Morgan fingerprint density at radius 3 is 2.75 bits per heavy atom. The van der Waals surface area contributed by atoms with Crippen molar-refractivity contribution in [1.29, 1.82) is 0 Å². The molecule has 1 aromatic rings. The number of para-hydroxylation sites is 1. The Labute approximate surface area is 143 Å². The molecule has 132 valence electrons. The van der Waals surface area contributed by atoms with Crippen molar-refractivity contribution in [3.05, 3.63) is 29.8 Å². The van der Waals surface area contributed by atoms with Crippen molar-refractivity contribution in [3.8, 4) is 5.75 Å². The molecular weight excluding hydrogens is 306 g/mol. The summed E-state index contributed by atoms with van der Waals surface area (Å²) >= 11 is 0. The molecule has 1 aliphatic heterocycles. The van der Waals surface area contributed by atoms with Gasteiger partial charge in [-0.05, 0) is 45.6 Å². The first-order valence-electron chi connectivity index (χ1n) is 8.73. The van der Waals surface area contributed by atoms with Crippen LogP contribution in [0, 0.1) is 0 Å². The topological polar surface area (TPSA) is 66.8 Å². The Balaban J connectivity index is 2.05. The monoisotopic (exact) mass is 333 g/mol. The van der Waals surface area contributed by atoms with Crippen LogP contribution in [0.4, 0.5) is 0 Å². The summed E-state index contributed by atoms with van der Waals surface area (Å²) in [5, 5.41) is 8.90. The molecular formula is C19H27NO4. The van der Waals surface area contributed by atoms with Gasteiger partial charge in [0.25, 0.3) is 0 Å². The van der Waals surface area contributed by atoms with Crippen LogP contribution in [0.5, 0.6) is 5.75 Å². The molecule has 1 heterocycles. The van der Waals surface area contributed by atoms with Gasteiger partial charge < -0.3 is 14.7 Å². The summed E-state index contributed by atoms with van der Waals surface area (Å²) in [6.07, 6.45) is 3.93. The Kier molecular flexibility index (Phi) is 6.64. The first kappa shape index (κ1) is 18.3. The molecule has 1 atom stereocenters. The molecule has 5 nitrogen and oxygen atoms in total. The van der Waals surface area contributed by atoms with Crippen LogP contribution < -0.4 is 4.74 Å². The molecule has 0 spiro atoms. The number of ether oxygens (including phenoxy) is 1. The highest BCUT2D eigenvalue weighted by molar-refractivity contribution is 5.80. The number of hydrogen-bond acceptors (Lipinski definition) is 3. The Morgan fingerprint density at radius 1 is 1.29 bits per heavy atom. The molecule has 0 saturated carbocycles. The first-order valence-corrected chi connectivity index (χ1v) is 8.73. The van der Waals surface area contributed by atoms with Gasteiger partial charge in [-0.25, -0.2) is 0 Å². The number of carbonyl (C=O) groups excluding carboxylic acids is 1. The SMILES string of the molecule is CC(C)Oc1ccccc1CC(=O)N1CCCCC1CCC(=O)O. The summed E-state index contributed by atoms with van der Waals surface area (Å²) in [6, 6.07) is 7.67. The summed E-state index contributed by atoms with van der Waals surface area (Å²) < 4.78 is 5.79. The molecule has 2 rings (SSSR count). The molecule has 1 unspecified atom stereocenters. The fourth-order valence-corrected chi connectivity index (χ4v) is 3.20. The van der Waals surface area contributed by atoms with Crippen molar-refractivity contribution >= 4 is 11.9 Å². The summed E-state index contributed by atoms with van der Waals surface area (Å²) in [7, 11) is 0. The molecule has 1 amide bonds. The molecule has 1 fully saturated rings. The standard InChI is InChI=1S/C19H27NO4/c1-14(2)24-17-9-4-3-7-15(17)13-18(21)20-12-6-5-8-16(20)10-11-19(22)23/h3-4,7,9,14,16H,5-6,8,10-13H2,1-2H3,(H,22,23). The molecule has 0 aliphatic carbocycles. The van der Waals surface area contributed by atoms with Gasteiger partial charge in [0, 0.05) is 24.6 Å². The number of aliphatic carboxylic acids is 1. The third-order valence-corrected chi connectivity index (χ3v) is 4.32. The first-order chi connectivity index (χ1) is 11.5. The van der Waals surface area contributed by atoms with E-state index in [1.165, 1.54) is 0 Å². The number of piperidine rings is 1. The number of rotatable bonds is 7. The second-order valence-electron chi connectivity index (χ2n) is 6.62. The summed E-state index contributed by atoms with van der Waals surface area (Å²) in [4.78, 5) is 25.5. The van der Waals surface area contributed by atoms with E-state index in [1.54, 1.807) is 0 Å². The quantitative estimate of drug-likeness (QED) is 0.832. The molecule has 0 radical (unpaired) electrons. The Hall–Kier alpha value is -2.04. The van der Waals surface area contributed by atoms with E-state index in [0.29, 0.717) is 12.8 Å². The molecule has 1 saturated heterocycles. The van der Waals surface area contributed by atoms with Crippen molar-refractivity contribution in [1.82, 2.24) is 4.90 Å². The van der Waals surface area contributed by atoms with Crippen LogP contribution in [0.1, 0.15) is 51.5 Å². The number of carboxylic acids is 1. The number of nitrogens with zero attached hydrogens (tertiary/aromatic N) is 1. The lowest BCUT2D eigenvalue weighted by molar-refractivity contribution is -0.139. The highest BCUT2D eigenvalue weighted by atomic mass is 16.5. The van der Waals surface area contributed by atoms with E-state index in [-0.39, 0.29) is 24.5 Å². The molecule has 5 heteroatoms. The minimum absolute atomic E-state index is 0.0422. The summed E-state index contributed by atoms with van der Waals surface area (Å²) in [5.41, 5.74) is 0.888. The van der Waals surface area contributed by atoms with Crippen LogP contribution in [0.15, 0.2) is 24.3 Å². The van der Waals surface area contributed by atoms with Gasteiger partial charge in [-0.15, -0.1) is 0 Å². The van der Waals surface area contributed by atoms with Crippen LogP contribution in [0.2, 0.25) is 0 Å². The van der Waals surface area contributed by atoms with Crippen molar-refractivity contribution in [2.45, 2.75) is 64.5 Å². The second-order valence-corrected chi connectivity index (χ2v) is 6.62. The molecule has 1 aromatic carbocycles. The van der Waals surface area contributed by atoms with E-state index < -0.39 is 5.97 Å². The summed E-state index contributed by atoms with van der Waals surface area (Å²) in [6.45, 7) is 4.65. The van der Waals surface area contributed by atoms with E-state index in [1.807, 2.05) is 43.0 Å². The maximum atomic E-state index is 12.8. The Morgan fingerprint density at radius 2 is 2.04 bits per heavy atom. The third kappa shape index (κ3) is 5.25. The zero-order valence-corrected chi connectivity index (χ0v) is 14.5. The highest BCUT2D eigenvalue weighted by Crippen LogP contribution is 2.25. The molecule has 1 aliphatic rings. The van der Waals surface area contributed by atoms with Crippen LogP contribution in [0.3, 0.4) is 0 Å². The second kappa shape index (κ2) is 8.71. The van der Waals surface area contributed by atoms with Gasteiger partial charge in [-0.1, -0.05) is 18.2 Å². The number of hydrogen-bond donors (Lipinski definition) is 1. The average molecular weight is 333 g/mol. The van der Waals surface area contributed by atoms with Crippen LogP contribution >= 0.6 is 0 Å². The predicted molar refractivity (Wildman–Crippen MR) is 92.1 cm³/mol. The number of benzene rings is 1. The lowest BCUT2D eigenvalue weighted by Gasteiger charge is -2.36. The lowest BCUT2D eigenvalue weighted by atomic mass is 9.97. The third-order valence-electron chi connectivity index (χ3n) is 4.32. The fourth-order valence-electron chi connectivity index (χ4n) is 3.20. The van der Waals surface area contributed by atoms with Gasteiger partial charge in [0.2, 0.25) is 5.91 Å². The van der Waals surface area contributed by atoms with Gasteiger partial charge in [-0.2, -0.15) is 0 Å². The highest BCUT2D eigenvalue weighted by Gasteiger charge is 2.27. The van der Waals surface area contributed by atoms with E-state index in [0.717, 1.165) is 37.1 Å². The van der Waals surface area contributed by atoms with Gasteiger partial charge in [0.15, 0.2) is 0 Å². The lowest BCUT2D eigenvalue weighted by Crippen LogP contribution is -2.44. The average Bonchev–Trinajstić information content (AvgIpc) is 2.54. The van der Waals surface area contributed by atoms with E-state index >= 15 is 0 Å². The predicted octanol–water partition coefficient (Wildman–Crippen LogP) is 3.26. The minimum Gasteiger partial charge on any atom is -0.491 e. The van der Waals surface area contributed by atoms with E-state index in [9.17, 15) is 9.59 Å². The number of amides is 1. The number of carbonyl (C=O) groups is 2. The molecule has 1 N–H and O–H groups in total. The molecule has 24 heavy (non-hydrogen) atoms.